The second-order valence-electron chi connectivity index (χ2n) is 6.06. The molecule has 0 aromatic heterocycles. The monoisotopic (exact) mass is 240 g/mol. The number of nitrogens with two attached hydrogens (primary N) is 1. The van der Waals surface area contributed by atoms with Gasteiger partial charge in [-0.2, -0.15) is 0 Å². The van der Waals surface area contributed by atoms with Gasteiger partial charge in [-0.15, -0.1) is 0 Å². The lowest BCUT2D eigenvalue weighted by molar-refractivity contribution is -0.141. The van der Waals surface area contributed by atoms with Gasteiger partial charge in [0.1, 0.15) is 0 Å². The van der Waals surface area contributed by atoms with Gasteiger partial charge in [0.15, 0.2) is 0 Å². The van der Waals surface area contributed by atoms with Crippen molar-refractivity contribution in [1.82, 2.24) is 4.90 Å². The summed E-state index contributed by atoms with van der Waals surface area (Å²) in [5.41, 5.74) is 5.46. The molecule has 3 heteroatoms. The highest BCUT2D eigenvalue weighted by Crippen LogP contribution is 2.39. The number of amides is 1. The first-order valence-electron chi connectivity index (χ1n) is 6.99. The molecule has 0 aromatic rings. The van der Waals surface area contributed by atoms with E-state index in [0.29, 0.717) is 18.4 Å². The van der Waals surface area contributed by atoms with Crippen LogP contribution in [-0.2, 0) is 4.79 Å². The Balaban J connectivity index is 2.63. The lowest BCUT2D eigenvalue weighted by Crippen LogP contribution is -2.43. The first-order chi connectivity index (χ1) is 7.99. The standard InChI is InChI=1S/C14H28N2O/c1-12(2)11-16(10-6-9-15)13(17)14(3)7-4-5-8-14/h12H,4-11,15H2,1-3H3. The van der Waals surface area contributed by atoms with E-state index in [2.05, 4.69) is 20.8 Å². The molecule has 1 aliphatic carbocycles. The fourth-order valence-electron chi connectivity index (χ4n) is 2.75. The largest absolute Gasteiger partial charge is 0.342 e. The smallest absolute Gasteiger partial charge is 0.228 e. The van der Waals surface area contributed by atoms with Crippen molar-refractivity contribution in [2.45, 2.75) is 52.9 Å². The molecule has 1 fully saturated rings. The van der Waals surface area contributed by atoms with E-state index in [-0.39, 0.29) is 5.41 Å². The third-order valence-electron chi connectivity index (χ3n) is 3.73. The van der Waals surface area contributed by atoms with Crippen LogP contribution in [0.4, 0.5) is 0 Å². The molecule has 0 saturated heterocycles. The Hall–Kier alpha value is -0.570. The van der Waals surface area contributed by atoms with Gasteiger partial charge >= 0.3 is 0 Å². The average Bonchev–Trinajstić information content (AvgIpc) is 2.71. The lowest BCUT2D eigenvalue weighted by Gasteiger charge is -2.33. The van der Waals surface area contributed by atoms with Crippen molar-refractivity contribution >= 4 is 5.91 Å². The van der Waals surface area contributed by atoms with Crippen LogP contribution >= 0.6 is 0 Å². The Labute approximate surface area is 106 Å². The van der Waals surface area contributed by atoms with Crippen LogP contribution in [0.25, 0.3) is 0 Å². The number of carbonyl (C=O) groups excluding carboxylic acids is 1. The normalized spacial score (nSPS) is 18.6. The molecule has 0 radical (unpaired) electrons. The molecule has 1 aliphatic rings. The summed E-state index contributed by atoms with van der Waals surface area (Å²) in [7, 11) is 0. The van der Waals surface area contributed by atoms with Crippen molar-refractivity contribution in [3.63, 3.8) is 0 Å². The minimum Gasteiger partial charge on any atom is -0.342 e. The number of hydrogen-bond donors (Lipinski definition) is 1. The molecule has 1 amide bonds. The Morgan fingerprint density at radius 1 is 1.35 bits per heavy atom. The van der Waals surface area contributed by atoms with E-state index < -0.39 is 0 Å². The third kappa shape index (κ3) is 3.98. The SMILES string of the molecule is CC(C)CN(CCCN)C(=O)C1(C)CCCC1. The highest BCUT2D eigenvalue weighted by molar-refractivity contribution is 5.82. The van der Waals surface area contributed by atoms with Crippen LogP contribution in [0, 0.1) is 11.3 Å². The van der Waals surface area contributed by atoms with E-state index in [9.17, 15) is 4.79 Å². The maximum Gasteiger partial charge on any atom is 0.228 e. The zero-order chi connectivity index (χ0) is 12.9. The first kappa shape index (κ1) is 14.5. The van der Waals surface area contributed by atoms with Crippen LogP contribution in [0.1, 0.15) is 52.9 Å². The number of nitrogens with zero attached hydrogens (tertiary/aromatic N) is 1. The lowest BCUT2D eigenvalue weighted by atomic mass is 9.87. The second-order valence-corrected chi connectivity index (χ2v) is 6.06. The Bertz CT molecular complexity index is 245. The molecule has 17 heavy (non-hydrogen) atoms. The minimum absolute atomic E-state index is 0.0938. The van der Waals surface area contributed by atoms with Gasteiger partial charge in [-0.25, -0.2) is 0 Å². The molecule has 0 bridgehead atoms. The highest BCUT2D eigenvalue weighted by atomic mass is 16.2. The van der Waals surface area contributed by atoms with E-state index in [4.69, 9.17) is 5.73 Å². The molecule has 0 aromatic carbocycles. The molecule has 1 rings (SSSR count). The van der Waals surface area contributed by atoms with E-state index in [1.54, 1.807) is 0 Å². The molecule has 0 spiro atoms. The molecule has 0 heterocycles. The summed E-state index contributed by atoms with van der Waals surface area (Å²) >= 11 is 0. The average molecular weight is 240 g/mol. The van der Waals surface area contributed by atoms with Crippen molar-refractivity contribution in [3.8, 4) is 0 Å². The molecule has 100 valence electrons. The summed E-state index contributed by atoms with van der Waals surface area (Å²) in [5.74, 6) is 0.888. The zero-order valence-corrected chi connectivity index (χ0v) is 11.7. The van der Waals surface area contributed by atoms with Gasteiger partial charge in [0.2, 0.25) is 5.91 Å². The van der Waals surface area contributed by atoms with Gasteiger partial charge in [0.25, 0.3) is 0 Å². The Kier molecular flexibility index (Phi) is 5.44. The summed E-state index contributed by atoms with van der Waals surface area (Å²) in [6.07, 6.45) is 5.43. The highest BCUT2D eigenvalue weighted by Gasteiger charge is 2.38. The van der Waals surface area contributed by atoms with Gasteiger partial charge in [-0.05, 0) is 31.7 Å². The maximum atomic E-state index is 12.6. The summed E-state index contributed by atoms with van der Waals surface area (Å²) < 4.78 is 0. The number of hydrogen-bond acceptors (Lipinski definition) is 2. The van der Waals surface area contributed by atoms with Crippen molar-refractivity contribution in [2.75, 3.05) is 19.6 Å². The third-order valence-corrected chi connectivity index (χ3v) is 3.73. The fourth-order valence-corrected chi connectivity index (χ4v) is 2.75. The topological polar surface area (TPSA) is 46.3 Å². The summed E-state index contributed by atoms with van der Waals surface area (Å²) in [6, 6.07) is 0. The quantitative estimate of drug-likeness (QED) is 0.775. The number of carbonyl (C=O) groups is 1. The second kappa shape index (κ2) is 6.39. The van der Waals surface area contributed by atoms with Gasteiger partial charge in [-0.1, -0.05) is 33.6 Å². The van der Waals surface area contributed by atoms with Crippen LogP contribution in [-0.4, -0.2) is 30.4 Å². The van der Waals surface area contributed by atoms with Crippen molar-refractivity contribution in [2.24, 2.45) is 17.1 Å². The van der Waals surface area contributed by atoms with E-state index >= 15 is 0 Å². The molecule has 3 nitrogen and oxygen atoms in total. The van der Waals surface area contributed by atoms with Crippen LogP contribution < -0.4 is 5.73 Å². The van der Waals surface area contributed by atoms with Gasteiger partial charge in [0, 0.05) is 18.5 Å². The Morgan fingerprint density at radius 2 is 1.94 bits per heavy atom. The molecule has 0 unspecified atom stereocenters. The van der Waals surface area contributed by atoms with Crippen LogP contribution in [0.15, 0.2) is 0 Å². The predicted octanol–water partition coefficient (Wildman–Crippen LogP) is 2.40. The summed E-state index contributed by atoms with van der Waals surface area (Å²) in [6.45, 7) is 8.83. The Morgan fingerprint density at radius 3 is 2.41 bits per heavy atom. The molecule has 0 aliphatic heterocycles. The fraction of sp³-hybridized carbons (Fsp3) is 0.929. The van der Waals surface area contributed by atoms with Gasteiger partial charge in [0.05, 0.1) is 0 Å². The van der Waals surface area contributed by atoms with Crippen molar-refractivity contribution in [1.29, 1.82) is 0 Å². The summed E-state index contributed by atoms with van der Waals surface area (Å²) in [5, 5.41) is 0. The first-order valence-corrected chi connectivity index (χ1v) is 6.99. The predicted molar refractivity (Wildman–Crippen MR) is 71.7 cm³/mol. The maximum absolute atomic E-state index is 12.6. The van der Waals surface area contributed by atoms with Crippen LogP contribution in [0.2, 0.25) is 0 Å². The molecular formula is C14H28N2O. The van der Waals surface area contributed by atoms with Gasteiger partial charge < -0.3 is 10.6 Å². The van der Waals surface area contributed by atoms with E-state index in [1.165, 1.54) is 12.8 Å². The molecule has 2 N–H and O–H groups in total. The minimum atomic E-state index is -0.0938. The van der Waals surface area contributed by atoms with E-state index in [0.717, 1.165) is 32.4 Å². The zero-order valence-electron chi connectivity index (χ0n) is 11.7. The van der Waals surface area contributed by atoms with Crippen molar-refractivity contribution in [3.05, 3.63) is 0 Å². The van der Waals surface area contributed by atoms with Crippen LogP contribution in [0.3, 0.4) is 0 Å². The van der Waals surface area contributed by atoms with E-state index in [1.807, 2.05) is 4.90 Å². The van der Waals surface area contributed by atoms with Gasteiger partial charge in [-0.3, -0.25) is 4.79 Å². The number of rotatable bonds is 6. The van der Waals surface area contributed by atoms with Crippen LogP contribution in [0.5, 0.6) is 0 Å². The molecule has 1 saturated carbocycles. The molecule has 0 atom stereocenters. The van der Waals surface area contributed by atoms with Crippen molar-refractivity contribution < 1.29 is 4.79 Å². The summed E-state index contributed by atoms with van der Waals surface area (Å²) in [4.78, 5) is 14.6. The molecular weight excluding hydrogens is 212 g/mol.